The summed E-state index contributed by atoms with van der Waals surface area (Å²) in [5.74, 6) is 0.612. The Balaban J connectivity index is 3.21. The summed E-state index contributed by atoms with van der Waals surface area (Å²) in [5.41, 5.74) is 0. The van der Waals surface area contributed by atoms with Gasteiger partial charge in [0.2, 0.25) is 0 Å². The maximum Gasteiger partial charge on any atom is 0.192 e. The molecule has 0 saturated heterocycles. The van der Waals surface area contributed by atoms with Crippen LogP contribution in [0.15, 0.2) is 11.2 Å². The Hall–Kier alpha value is -0.840. The summed E-state index contributed by atoms with van der Waals surface area (Å²) in [6.07, 6.45) is 2.45. The molecule has 1 aromatic rings. The van der Waals surface area contributed by atoms with Gasteiger partial charge in [-0.1, -0.05) is 0 Å². The third-order valence-electron chi connectivity index (χ3n) is 1.08. The van der Waals surface area contributed by atoms with Gasteiger partial charge in [0.05, 0.1) is 6.20 Å². The molecule has 1 aromatic heterocycles. The first-order chi connectivity index (χ1) is 4.50. The van der Waals surface area contributed by atoms with Crippen molar-refractivity contribution in [1.29, 1.82) is 0 Å². The Morgan fingerprint density at radius 1 is 1.60 bits per heavy atom. The Labute approximate surface area is 59.2 Å². The smallest absolute Gasteiger partial charge is 0.192 e. The quantitative estimate of drug-likeness (QED) is 0.634. The molecule has 4 nitrogen and oxygen atoms in total. The molecule has 1 N–H and O–H groups in total. The average molecular weight is 160 g/mol. The summed E-state index contributed by atoms with van der Waals surface area (Å²) >= 11 is 0. The van der Waals surface area contributed by atoms with Crippen molar-refractivity contribution in [3.05, 3.63) is 12.0 Å². The van der Waals surface area contributed by atoms with Crippen molar-refractivity contribution in [2.45, 2.75) is 11.9 Å². The van der Waals surface area contributed by atoms with Crippen LogP contribution in [0.4, 0.5) is 0 Å². The number of H-pyrrole nitrogens is 1. The van der Waals surface area contributed by atoms with E-state index in [-0.39, 0.29) is 5.03 Å². The third kappa shape index (κ3) is 1.36. The van der Waals surface area contributed by atoms with Gasteiger partial charge in [-0.15, -0.1) is 0 Å². The average Bonchev–Trinajstić information content (AvgIpc) is 2.11. The van der Waals surface area contributed by atoms with Gasteiger partial charge >= 0.3 is 0 Å². The molecule has 10 heavy (non-hydrogen) atoms. The Bertz CT molecular complexity index is 325. The first kappa shape index (κ1) is 7.27. The number of sulfone groups is 1. The minimum Gasteiger partial charge on any atom is -0.333 e. The Kier molecular flexibility index (Phi) is 1.52. The predicted molar refractivity (Wildman–Crippen MR) is 36.4 cm³/mol. The first-order valence-corrected chi connectivity index (χ1v) is 4.61. The van der Waals surface area contributed by atoms with E-state index in [0.29, 0.717) is 5.82 Å². The predicted octanol–water partition coefficient (Wildman–Crippen LogP) is 0.122. The lowest BCUT2D eigenvalue weighted by Crippen LogP contribution is -1.96. The van der Waals surface area contributed by atoms with Crippen LogP contribution in [0.25, 0.3) is 0 Å². The highest BCUT2D eigenvalue weighted by atomic mass is 32.2. The van der Waals surface area contributed by atoms with Gasteiger partial charge in [0.1, 0.15) is 5.82 Å². The van der Waals surface area contributed by atoms with Gasteiger partial charge in [-0.25, -0.2) is 13.4 Å². The highest BCUT2D eigenvalue weighted by Gasteiger charge is 2.07. The summed E-state index contributed by atoms with van der Waals surface area (Å²) in [7, 11) is -3.10. The van der Waals surface area contributed by atoms with E-state index in [1.807, 2.05) is 0 Å². The highest BCUT2D eigenvalue weighted by molar-refractivity contribution is 7.90. The lowest BCUT2D eigenvalue weighted by molar-refractivity contribution is 0.598. The maximum absolute atomic E-state index is 10.8. The zero-order chi connectivity index (χ0) is 7.78. The third-order valence-corrected chi connectivity index (χ3v) is 2.09. The number of aryl methyl sites for hydroxylation is 1. The second kappa shape index (κ2) is 2.09. The van der Waals surface area contributed by atoms with E-state index in [1.165, 1.54) is 6.20 Å². The molecule has 0 aromatic carbocycles. The topological polar surface area (TPSA) is 62.8 Å². The van der Waals surface area contributed by atoms with E-state index in [2.05, 4.69) is 9.97 Å². The normalized spacial score (nSPS) is 11.8. The minimum atomic E-state index is -3.10. The van der Waals surface area contributed by atoms with Gasteiger partial charge in [0.15, 0.2) is 14.9 Å². The van der Waals surface area contributed by atoms with Gasteiger partial charge in [-0.2, -0.15) is 0 Å². The monoisotopic (exact) mass is 160 g/mol. The fraction of sp³-hybridized carbons (Fsp3) is 0.400. The summed E-state index contributed by atoms with van der Waals surface area (Å²) in [6, 6.07) is 0. The molecule has 0 fully saturated rings. The highest BCUT2D eigenvalue weighted by Crippen LogP contribution is 2.02. The standard InChI is InChI=1S/C5H8N2O2S/c1-4-6-3-5(7-4)10(2,8)9/h3H,1-2H3,(H,6,7). The molecule has 0 spiro atoms. The molecule has 0 radical (unpaired) electrons. The summed E-state index contributed by atoms with van der Waals surface area (Å²) in [5, 5.41) is 0.171. The van der Waals surface area contributed by atoms with Crippen LogP contribution in [-0.4, -0.2) is 24.6 Å². The summed E-state index contributed by atoms with van der Waals surface area (Å²) in [4.78, 5) is 6.37. The lowest BCUT2D eigenvalue weighted by Gasteiger charge is -1.87. The molecule has 0 aliphatic carbocycles. The Morgan fingerprint density at radius 2 is 2.20 bits per heavy atom. The molecule has 1 rings (SSSR count). The van der Waals surface area contributed by atoms with E-state index in [9.17, 15) is 8.42 Å². The van der Waals surface area contributed by atoms with E-state index >= 15 is 0 Å². The van der Waals surface area contributed by atoms with E-state index in [4.69, 9.17) is 0 Å². The summed E-state index contributed by atoms with van der Waals surface area (Å²) in [6.45, 7) is 1.70. The number of hydrogen-bond acceptors (Lipinski definition) is 3. The SMILES string of the molecule is Cc1ncc(S(C)(=O)=O)[nH]1. The summed E-state index contributed by atoms with van der Waals surface area (Å²) < 4.78 is 21.5. The zero-order valence-corrected chi connectivity index (χ0v) is 6.57. The van der Waals surface area contributed by atoms with Crippen molar-refractivity contribution in [3.63, 3.8) is 0 Å². The van der Waals surface area contributed by atoms with Crippen LogP contribution in [0, 0.1) is 6.92 Å². The van der Waals surface area contributed by atoms with Crippen molar-refractivity contribution in [3.8, 4) is 0 Å². The second-order valence-corrected chi connectivity index (χ2v) is 4.09. The maximum atomic E-state index is 10.8. The van der Waals surface area contributed by atoms with Crippen LogP contribution in [0.2, 0.25) is 0 Å². The molecule has 0 amide bonds. The number of rotatable bonds is 1. The molecular weight excluding hydrogens is 152 g/mol. The molecule has 0 atom stereocenters. The zero-order valence-electron chi connectivity index (χ0n) is 5.75. The molecule has 1 heterocycles. The van der Waals surface area contributed by atoms with Gasteiger partial charge < -0.3 is 4.98 Å². The van der Waals surface area contributed by atoms with Crippen LogP contribution >= 0.6 is 0 Å². The van der Waals surface area contributed by atoms with Crippen LogP contribution in [0.5, 0.6) is 0 Å². The van der Waals surface area contributed by atoms with Crippen molar-refractivity contribution < 1.29 is 8.42 Å². The molecule has 0 aliphatic rings. The number of imidazole rings is 1. The van der Waals surface area contributed by atoms with Gasteiger partial charge in [0.25, 0.3) is 0 Å². The number of hydrogen-bond donors (Lipinski definition) is 1. The van der Waals surface area contributed by atoms with Crippen molar-refractivity contribution in [2.75, 3.05) is 6.26 Å². The van der Waals surface area contributed by atoms with Crippen molar-refractivity contribution >= 4 is 9.84 Å². The van der Waals surface area contributed by atoms with Gasteiger partial charge in [0, 0.05) is 6.26 Å². The number of aromatic nitrogens is 2. The van der Waals surface area contributed by atoms with Crippen LogP contribution in [0.3, 0.4) is 0 Å². The van der Waals surface area contributed by atoms with Gasteiger partial charge in [-0.05, 0) is 6.92 Å². The van der Waals surface area contributed by atoms with E-state index in [0.717, 1.165) is 6.26 Å². The second-order valence-electron chi connectivity index (χ2n) is 2.11. The largest absolute Gasteiger partial charge is 0.333 e. The Morgan fingerprint density at radius 3 is 2.40 bits per heavy atom. The molecule has 0 unspecified atom stereocenters. The minimum absolute atomic E-state index is 0.171. The van der Waals surface area contributed by atoms with Crippen LogP contribution < -0.4 is 0 Å². The molecule has 0 bridgehead atoms. The van der Waals surface area contributed by atoms with E-state index in [1.54, 1.807) is 6.92 Å². The first-order valence-electron chi connectivity index (χ1n) is 2.72. The fourth-order valence-corrected chi connectivity index (χ4v) is 1.16. The van der Waals surface area contributed by atoms with Crippen molar-refractivity contribution in [2.24, 2.45) is 0 Å². The van der Waals surface area contributed by atoms with Crippen LogP contribution in [-0.2, 0) is 9.84 Å². The fourth-order valence-electron chi connectivity index (χ4n) is 0.587. The number of nitrogens with one attached hydrogen (secondary N) is 1. The van der Waals surface area contributed by atoms with Crippen LogP contribution in [0.1, 0.15) is 5.82 Å². The molecule has 0 aliphatic heterocycles. The molecular formula is C5H8N2O2S. The van der Waals surface area contributed by atoms with Crippen molar-refractivity contribution in [1.82, 2.24) is 9.97 Å². The molecule has 0 saturated carbocycles. The number of aromatic amines is 1. The lowest BCUT2D eigenvalue weighted by atomic mass is 10.8. The molecule has 56 valence electrons. The number of nitrogens with zero attached hydrogens (tertiary/aromatic N) is 1. The van der Waals surface area contributed by atoms with E-state index < -0.39 is 9.84 Å². The molecule has 5 heteroatoms. The van der Waals surface area contributed by atoms with Gasteiger partial charge in [-0.3, -0.25) is 0 Å².